The van der Waals surface area contributed by atoms with E-state index >= 15 is 0 Å². The zero-order chi connectivity index (χ0) is 48.3. The molecule has 1 aliphatic rings. The highest BCUT2D eigenvalue weighted by molar-refractivity contribution is 5.80. The van der Waals surface area contributed by atoms with E-state index in [4.69, 9.17) is 9.47 Å². The number of nitrogens with one attached hydrogen (secondary N) is 1. The number of amides is 1. The number of hydrogen-bond donors (Lipinski definition) is 8. The maximum absolute atomic E-state index is 13.2. The van der Waals surface area contributed by atoms with Crippen molar-refractivity contribution in [1.82, 2.24) is 5.32 Å². The smallest absolute Gasteiger partial charge is 0.249 e. The average Bonchev–Trinajstić information content (AvgIpc) is 3.32. The lowest BCUT2D eigenvalue weighted by molar-refractivity contribution is -0.303. The summed E-state index contributed by atoms with van der Waals surface area (Å²) in [5, 5.41) is 75.9. The van der Waals surface area contributed by atoms with Crippen LogP contribution in [-0.4, -0.2) is 110 Å². The Bertz CT molecular complexity index is 1170. The summed E-state index contributed by atoms with van der Waals surface area (Å²) in [6.07, 6.45) is 41.9. The Hall–Kier alpha value is -1.67. The Labute approximate surface area is 403 Å². The van der Waals surface area contributed by atoms with E-state index in [1.807, 2.05) is 0 Å². The molecule has 11 nitrogen and oxygen atoms in total. The normalized spacial score (nSPS) is 21.0. The third-order valence-corrected chi connectivity index (χ3v) is 13.2. The van der Waals surface area contributed by atoms with Gasteiger partial charge in [-0.2, -0.15) is 0 Å². The van der Waals surface area contributed by atoms with Gasteiger partial charge in [0, 0.05) is 0 Å². The summed E-state index contributed by atoms with van der Waals surface area (Å²) in [7, 11) is 0. The molecule has 9 atom stereocenters. The highest BCUT2D eigenvalue weighted by atomic mass is 16.7. The monoisotopic (exact) mass is 938 g/mol. The van der Waals surface area contributed by atoms with Gasteiger partial charge in [-0.25, -0.2) is 0 Å². The number of unbranched alkanes of at least 4 members (excludes halogenated alkanes) is 28. The molecular formula is C55H103NO10. The molecule has 8 N–H and O–H groups in total. The molecule has 388 valence electrons. The average molecular weight is 938 g/mol. The summed E-state index contributed by atoms with van der Waals surface area (Å²) >= 11 is 0. The maximum atomic E-state index is 13.2. The van der Waals surface area contributed by atoms with Gasteiger partial charge in [0.1, 0.15) is 36.6 Å². The Morgan fingerprint density at radius 3 is 1.35 bits per heavy atom. The summed E-state index contributed by atoms with van der Waals surface area (Å²) < 4.78 is 11.1. The zero-order valence-corrected chi connectivity index (χ0v) is 42.2. The maximum Gasteiger partial charge on any atom is 0.249 e. The third kappa shape index (κ3) is 33.0. The van der Waals surface area contributed by atoms with Crippen molar-refractivity contribution in [3.63, 3.8) is 0 Å². The van der Waals surface area contributed by atoms with Gasteiger partial charge in [0.25, 0.3) is 0 Å². The van der Waals surface area contributed by atoms with Crippen molar-refractivity contribution < 1.29 is 50.0 Å². The van der Waals surface area contributed by atoms with Crippen molar-refractivity contribution in [2.75, 3.05) is 13.2 Å². The second-order valence-electron chi connectivity index (χ2n) is 19.3. The number of ether oxygens (including phenoxy) is 2. The molecule has 11 heteroatoms. The lowest BCUT2D eigenvalue weighted by atomic mass is 9.98. The number of hydrogen-bond acceptors (Lipinski definition) is 10. The zero-order valence-electron chi connectivity index (χ0n) is 42.2. The van der Waals surface area contributed by atoms with Gasteiger partial charge >= 0.3 is 0 Å². The van der Waals surface area contributed by atoms with Gasteiger partial charge in [-0.1, -0.05) is 211 Å². The first kappa shape index (κ1) is 62.3. The summed E-state index contributed by atoms with van der Waals surface area (Å²) in [4.78, 5) is 13.2. The van der Waals surface area contributed by atoms with Crippen molar-refractivity contribution in [2.24, 2.45) is 0 Å². The lowest BCUT2D eigenvalue weighted by Crippen LogP contribution is -2.60. The SMILES string of the molecule is CCCCCC/C=C/CC/C=C/CC/C=C/CCCC(O)C(O)C(COC1OC(CO)C(O)C(O)C1O)NC(=O)C(O)CCCCCCCCCCCCCCCCCCCCCCCC. The standard InChI is InChI=1S/C55H103NO10/c1-3-5-7-9-11-13-15-17-19-21-22-23-24-25-27-29-31-33-35-37-39-41-43-48(59)54(64)56-46(45-65-55-53(63)52(62)51(61)49(44-57)66-55)50(60)47(58)42-40-38-36-34-32-30-28-26-20-18-16-14-12-10-8-6-4-2/h14,16,26,28,34,36,46-53,55,57-63H,3-13,15,17-25,27,29-33,35,37-45H2,1-2H3,(H,56,64)/b16-14+,28-26+,36-34+. The van der Waals surface area contributed by atoms with Crippen molar-refractivity contribution in [3.8, 4) is 0 Å². The van der Waals surface area contributed by atoms with Gasteiger partial charge in [-0.3, -0.25) is 4.79 Å². The Morgan fingerprint density at radius 1 is 0.515 bits per heavy atom. The first-order chi connectivity index (χ1) is 32.2. The van der Waals surface area contributed by atoms with E-state index in [0.29, 0.717) is 19.3 Å². The predicted molar refractivity (Wildman–Crippen MR) is 270 cm³/mol. The van der Waals surface area contributed by atoms with Gasteiger partial charge < -0.3 is 50.5 Å². The molecule has 0 radical (unpaired) electrons. The minimum absolute atomic E-state index is 0.242. The highest BCUT2D eigenvalue weighted by Crippen LogP contribution is 2.23. The van der Waals surface area contributed by atoms with E-state index < -0.39 is 74.2 Å². The van der Waals surface area contributed by atoms with Gasteiger partial charge in [0.05, 0.1) is 25.4 Å². The molecule has 1 fully saturated rings. The minimum atomic E-state index is -1.67. The topological polar surface area (TPSA) is 189 Å². The van der Waals surface area contributed by atoms with Crippen LogP contribution in [0.1, 0.15) is 239 Å². The van der Waals surface area contributed by atoms with E-state index in [1.165, 1.54) is 148 Å². The number of carbonyl (C=O) groups is 1. The Kier molecular flexibility index (Phi) is 42.1. The molecule has 0 aliphatic carbocycles. The van der Waals surface area contributed by atoms with Crippen LogP contribution in [0.2, 0.25) is 0 Å². The fourth-order valence-electron chi connectivity index (χ4n) is 8.65. The van der Waals surface area contributed by atoms with Crippen molar-refractivity contribution >= 4 is 5.91 Å². The predicted octanol–water partition coefficient (Wildman–Crippen LogP) is 10.7. The van der Waals surface area contributed by atoms with Crippen LogP contribution in [0.15, 0.2) is 36.5 Å². The van der Waals surface area contributed by atoms with Crippen LogP contribution in [0.25, 0.3) is 0 Å². The molecule has 0 bridgehead atoms. The number of carbonyl (C=O) groups excluding carboxylic acids is 1. The molecular weight excluding hydrogens is 835 g/mol. The molecule has 0 aromatic rings. The first-order valence-corrected chi connectivity index (χ1v) is 27.4. The molecule has 1 aliphatic heterocycles. The van der Waals surface area contributed by atoms with E-state index in [9.17, 15) is 40.5 Å². The fourth-order valence-corrected chi connectivity index (χ4v) is 8.65. The van der Waals surface area contributed by atoms with E-state index in [-0.39, 0.29) is 12.8 Å². The molecule has 0 aromatic carbocycles. The molecule has 9 unspecified atom stereocenters. The largest absolute Gasteiger partial charge is 0.394 e. The second kappa shape index (κ2) is 44.5. The van der Waals surface area contributed by atoms with Crippen LogP contribution in [0, 0.1) is 0 Å². The Morgan fingerprint density at radius 2 is 0.909 bits per heavy atom. The van der Waals surface area contributed by atoms with E-state index in [2.05, 4.69) is 55.6 Å². The Balaban J connectivity index is 2.37. The van der Waals surface area contributed by atoms with Gasteiger partial charge in [0.15, 0.2) is 6.29 Å². The van der Waals surface area contributed by atoms with Crippen LogP contribution in [0.4, 0.5) is 0 Å². The van der Waals surface area contributed by atoms with Crippen LogP contribution in [0.3, 0.4) is 0 Å². The van der Waals surface area contributed by atoms with Crippen LogP contribution in [-0.2, 0) is 14.3 Å². The fraction of sp³-hybridized carbons (Fsp3) is 0.873. The molecule has 1 heterocycles. The molecule has 0 saturated carbocycles. The summed E-state index contributed by atoms with van der Waals surface area (Å²) in [5.74, 6) is -0.710. The summed E-state index contributed by atoms with van der Waals surface area (Å²) in [6, 6.07) is -1.19. The van der Waals surface area contributed by atoms with E-state index in [1.54, 1.807) is 0 Å². The third-order valence-electron chi connectivity index (χ3n) is 13.2. The van der Waals surface area contributed by atoms with Crippen LogP contribution in [0.5, 0.6) is 0 Å². The molecule has 1 rings (SSSR count). The van der Waals surface area contributed by atoms with Gasteiger partial charge in [-0.15, -0.1) is 0 Å². The summed E-state index contributed by atoms with van der Waals surface area (Å²) in [6.45, 7) is 3.43. The molecule has 1 amide bonds. The number of aliphatic hydroxyl groups excluding tert-OH is 7. The lowest BCUT2D eigenvalue weighted by Gasteiger charge is -2.40. The van der Waals surface area contributed by atoms with Crippen molar-refractivity contribution in [1.29, 1.82) is 0 Å². The van der Waals surface area contributed by atoms with Gasteiger partial charge in [-0.05, 0) is 64.2 Å². The van der Waals surface area contributed by atoms with Crippen molar-refractivity contribution in [3.05, 3.63) is 36.5 Å². The molecule has 0 spiro atoms. The molecule has 0 aromatic heterocycles. The van der Waals surface area contributed by atoms with E-state index in [0.717, 1.165) is 44.9 Å². The highest BCUT2D eigenvalue weighted by Gasteiger charge is 2.44. The second-order valence-corrected chi connectivity index (χ2v) is 19.3. The van der Waals surface area contributed by atoms with Crippen molar-refractivity contribution in [2.45, 2.75) is 294 Å². The quantitative estimate of drug-likeness (QED) is 0.0215. The first-order valence-electron chi connectivity index (χ1n) is 27.4. The van der Waals surface area contributed by atoms with Gasteiger partial charge in [0.2, 0.25) is 5.91 Å². The van der Waals surface area contributed by atoms with Crippen LogP contribution < -0.4 is 5.32 Å². The summed E-state index contributed by atoms with van der Waals surface area (Å²) in [5.41, 5.74) is 0. The minimum Gasteiger partial charge on any atom is -0.394 e. The number of rotatable bonds is 46. The van der Waals surface area contributed by atoms with Crippen LogP contribution >= 0.6 is 0 Å². The number of allylic oxidation sites excluding steroid dienone is 6. The molecule has 66 heavy (non-hydrogen) atoms. The number of aliphatic hydroxyl groups is 7. The molecule has 1 saturated heterocycles.